The van der Waals surface area contributed by atoms with E-state index in [9.17, 15) is 5.11 Å². The van der Waals surface area contributed by atoms with Crippen molar-refractivity contribution >= 4 is 0 Å². The fourth-order valence-corrected chi connectivity index (χ4v) is 3.18. The minimum Gasteiger partial charge on any atom is -0.385 e. The minimum absolute atomic E-state index is 0.352. The fraction of sp³-hybridized carbons (Fsp3) is 0.688. The Morgan fingerprint density at radius 1 is 1.28 bits per heavy atom. The van der Waals surface area contributed by atoms with Gasteiger partial charge in [-0.2, -0.15) is 0 Å². The molecule has 0 aromatic carbocycles. The van der Waals surface area contributed by atoms with Crippen LogP contribution < -0.4 is 0 Å². The molecule has 1 N–H and O–H groups in total. The Labute approximate surface area is 110 Å². The van der Waals surface area contributed by atoms with E-state index in [-0.39, 0.29) is 0 Å². The summed E-state index contributed by atoms with van der Waals surface area (Å²) in [4.78, 5) is 4.17. The molecule has 100 valence electrons. The summed E-state index contributed by atoms with van der Waals surface area (Å²) in [7, 11) is 0. The lowest BCUT2D eigenvalue weighted by Crippen LogP contribution is -2.36. The molecular weight excluding hydrogens is 222 g/mol. The Bertz CT molecular complexity index is 411. The lowest BCUT2D eigenvalue weighted by molar-refractivity contribution is -0.0304. The van der Waals surface area contributed by atoms with E-state index < -0.39 is 5.60 Å². The Hall–Kier alpha value is -0.890. The molecule has 1 aliphatic carbocycles. The van der Waals surface area contributed by atoms with Crippen LogP contribution >= 0.6 is 0 Å². The summed E-state index contributed by atoms with van der Waals surface area (Å²) in [6.07, 6.45) is 7.57. The van der Waals surface area contributed by atoms with E-state index in [0.717, 1.165) is 42.7 Å². The second-order valence-corrected chi connectivity index (χ2v) is 6.86. The summed E-state index contributed by atoms with van der Waals surface area (Å²) < 4.78 is 0. The number of nitrogens with zero attached hydrogens (tertiary/aromatic N) is 1. The van der Waals surface area contributed by atoms with Gasteiger partial charge >= 0.3 is 0 Å². The van der Waals surface area contributed by atoms with Gasteiger partial charge in [0.2, 0.25) is 0 Å². The third-order valence-electron chi connectivity index (χ3n) is 4.58. The van der Waals surface area contributed by atoms with Crippen LogP contribution in [0, 0.1) is 18.3 Å². The smallest absolute Gasteiger partial charge is 0.0914 e. The topological polar surface area (TPSA) is 33.1 Å². The van der Waals surface area contributed by atoms with Gasteiger partial charge in [-0.05, 0) is 55.6 Å². The molecule has 1 aliphatic rings. The van der Waals surface area contributed by atoms with Crippen LogP contribution in [0.15, 0.2) is 18.5 Å². The van der Waals surface area contributed by atoms with Crippen molar-refractivity contribution in [1.82, 2.24) is 4.98 Å². The molecule has 1 aromatic heterocycles. The molecule has 0 spiro atoms. The van der Waals surface area contributed by atoms with Crippen molar-refractivity contribution in [3.8, 4) is 0 Å². The van der Waals surface area contributed by atoms with E-state index in [1.807, 2.05) is 12.3 Å². The first kappa shape index (κ1) is 13.5. The maximum absolute atomic E-state index is 10.9. The van der Waals surface area contributed by atoms with Crippen LogP contribution in [0.25, 0.3) is 0 Å². The summed E-state index contributed by atoms with van der Waals surface area (Å²) in [6, 6.07) is 1.99. The molecule has 0 saturated heterocycles. The number of hydrogen-bond donors (Lipinski definition) is 1. The van der Waals surface area contributed by atoms with Crippen LogP contribution in [0.4, 0.5) is 0 Å². The van der Waals surface area contributed by atoms with Crippen molar-refractivity contribution in [3.63, 3.8) is 0 Å². The molecule has 0 unspecified atom stereocenters. The minimum atomic E-state index is -0.653. The largest absolute Gasteiger partial charge is 0.385 e. The molecule has 1 heterocycles. The number of hydrogen-bond acceptors (Lipinski definition) is 2. The lowest BCUT2D eigenvalue weighted by Gasteiger charge is -2.41. The van der Waals surface area contributed by atoms with Crippen LogP contribution in [-0.4, -0.2) is 10.1 Å². The molecule has 0 radical (unpaired) electrons. The normalized spacial score (nSPS) is 29.3. The first-order chi connectivity index (χ1) is 8.33. The first-order valence-corrected chi connectivity index (χ1v) is 6.96. The maximum atomic E-state index is 10.9. The van der Waals surface area contributed by atoms with E-state index in [1.54, 1.807) is 6.20 Å². The second kappa shape index (κ2) is 4.65. The number of pyridine rings is 1. The van der Waals surface area contributed by atoms with Gasteiger partial charge in [0.05, 0.1) is 5.60 Å². The summed E-state index contributed by atoms with van der Waals surface area (Å²) >= 11 is 0. The van der Waals surface area contributed by atoms with Gasteiger partial charge in [-0.15, -0.1) is 0 Å². The molecule has 0 bridgehead atoms. The summed E-state index contributed by atoms with van der Waals surface area (Å²) in [5.41, 5.74) is 1.88. The molecule has 2 heteroatoms. The average Bonchev–Trinajstić information content (AvgIpc) is 2.28. The van der Waals surface area contributed by atoms with Gasteiger partial charge in [0, 0.05) is 18.0 Å². The number of aromatic nitrogens is 1. The second-order valence-electron chi connectivity index (χ2n) is 6.86. The van der Waals surface area contributed by atoms with Crippen molar-refractivity contribution in [1.29, 1.82) is 0 Å². The zero-order chi connectivity index (χ0) is 13.4. The molecule has 18 heavy (non-hydrogen) atoms. The SMILES string of the molecule is Cc1ccncc1C1(O)CCC(C(C)(C)C)CC1. The highest BCUT2D eigenvalue weighted by Gasteiger charge is 2.39. The third-order valence-corrected chi connectivity index (χ3v) is 4.58. The molecule has 0 amide bonds. The Balaban J connectivity index is 2.15. The first-order valence-electron chi connectivity index (χ1n) is 6.96. The van der Waals surface area contributed by atoms with Gasteiger partial charge in [0.25, 0.3) is 0 Å². The maximum Gasteiger partial charge on any atom is 0.0914 e. The lowest BCUT2D eigenvalue weighted by atomic mass is 9.67. The van der Waals surface area contributed by atoms with E-state index in [0.29, 0.717) is 5.41 Å². The average molecular weight is 247 g/mol. The third kappa shape index (κ3) is 2.59. The van der Waals surface area contributed by atoms with E-state index in [1.165, 1.54) is 0 Å². The molecule has 1 saturated carbocycles. The Morgan fingerprint density at radius 2 is 1.89 bits per heavy atom. The standard InChI is InChI=1S/C16H25NO/c1-12-7-10-17-11-14(12)16(18)8-5-13(6-9-16)15(2,3)4/h7,10-11,13,18H,5-6,8-9H2,1-4H3. The predicted molar refractivity (Wildman–Crippen MR) is 74.3 cm³/mol. The fourth-order valence-electron chi connectivity index (χ4n) is 3.18. The van der Waals surface area contributed by atoms with Crippen molar-refractivity contribution in [2.45, 2.75) is 59.0 Å². The number of aliphatic hydroxyl groups is 1. The van der Waals surface area contributed by atoms with E-state index in [4.69, 9.17) is 0 Å². The van der Waals surface area contributed by atoms with Crippen molar-refractivity contribution in [3.05, 3.63) is 29.6 Å². The summed E-state index contributed by atoms with van der Waals surface area (Å²) in [6.45, 7) is 8.97. The highest BCUT2D eigenvalue weighted by atomic mass is 16.3. The van der Waals surface area contributed by atoms with Crippen LogP contribution in [0.5, 0.6) is 0 Å². The molecule has 1 fully saturated rings. The van der Waals surface area contributed by atoms with Crippen LogP contribution in [0.3, 0.4) is 0 Å². The molecule has 2 nitrogen and oxygen atoms in total. The number of aryl methyl sites for hydroxylation is 1. The van der Waals surface area contributed by atoms with Gasteiger partial charge in [0.15, 0.2) is 0 Å². The highest BCUT2D eigenvalue weighted by molar-refractivity contribution is 5.28. The molecule has 0 atom stereocenters. The zero-order valence-electron chi connectivity index (χ0n) is 12.0. The Morgan fingerprint density at radius 3 is 2.39 bits per heavy atom. The van der Waals surface area contributed by atoms with E-state index in [2.05, 4.69) is 32.7 Å². The van der Waals surface area contributed by atoms with Gasteiger partial charge in [-0.25, -0.2) is 0 Å². The molecule has 1 aromatic rings. The Kier molecular flexibility index (Phi) is 3.50. The summed E-state index contributed by atoms with van der Waals surface area (Å²) in [5.74, 6) is 0.717. The zero-order valence-corrected chi connectivity index (χ0v) is 12.0. The molecule has 2 rings (SSSR count). The van der Waals surface area contributed by atoms with Gasteiger partial charge in [-0.1, -0.05) is 20.8 Å². The number of rotatable bonds is 1. The van der Waals surface area contributed by atoms with Crippen molar-refractivity contribution in [2.24, 2.45) is 11.3 Å². The van der Waals surface area contributed by atoms with Gasteiger partial charge in [-0.3, -0.25) is 4.98 Å². The van der Waals surface area contributed by atoms with Crippen molar-refractivity contribution in [2.75, 3.05) is 0 Å². The van der Waals surface area contributed by atoms with E-state index >= 15 is 0 Å². The monoisotopic (exact) mass is 247 g/mol. The van der Waals surface area contributed by atoms with Gasteiger partial charge < -0.3 is 5.11 Å². The van der Waals surface area contributed by atoms with Crippen LogP contribution in [0.1, 0.15) is 57.6 Å². The quantitative estimate of drug-likeness (QED) is 0.818. The van der Waals surface area contributed by atoms with Crippen LogP contribution in [-0.2, 0) is 5.60 Å². The van der Waals surface area contributed by atoms with Crippen LogP contribution in [0.2, 0.25) is 0 Å². The highest BCUT2D eigenvalue weighted by Crippen LogP contribution is 2.45. The molecular formula is C16H25NO. The predicted octanol–water partition coefficient (Wildman–Crippen LogP) is 3.81. The molecule has 0 aliphatic heterocycles. The van der Waals surface area contributed by atoms with Gasteiger partial charge in [0.1, 0.15) is 0 Å². The van der Waals surface area contributed by atoms with Crippen molar-refractivity contribution < 1.29 is 5.11 Å². The summed E-state index contributed by atoms with van der Waals surface area (Å²) in [5, 5.41) is 10.9.